The molecule has 1 rings (SSSR count). The molecule has 0 aromatic rings. The lowest BCUT2D eigenvalue weighted by Gasteiger charge is -2.05. The van der Waals surface area contributed by atoms with E-state index < -0.39 is 0 Å². The zero-order valence-electron chi connectivity index (χ0n) is 5.81. The first kappa shape index (κ1) is 9.82. The molecule has 1 aliphatic carbocycles. The molecule has 0 aromatic carbocycles. The van der Waals surface area contributed by atoms with Crippen LogP contribution in [0.15, 0.2) is 0 Å². The molecular formula is C6H16OP2. The van der Waals surface area contributed by atoms with Crippen LogP contribution < -0.4 is 0 Å². The van der Waals surface area contributed by atoms with Gasteiger partial charge in [-0.3, -0.25) is 0 Å². The molecule has 2 atom stereocenters. The van der Waals surface area contributed by atoms with Crippen LogP contribution in [0, 0.1) is 0 Å². The van der Waals surface area contributed by atoms with E-state index in [9.17, 15) is 0 Å². The Balaban J connectivity index is 0.000000144. The van der Waals surface area contributed by atoms with Crippen molar-refractivity contribution in [3.63, 3.8) is 0 Å². The summed E-state index contributed by atoms with van der Waals surface area (Å²) < 4.78 is 4.76. The number of rotatable bonds is 2. The summed E-state index contributed by atoms with van der Waals surface area (Å²) in [6, 6.07) is 0. The first-order valence-electron chi connectivity index (χ1n) is 3.39. The Morgan fingerprint density at radius 1 is 0.889 bits per heavy atom. The SMILES string of the molecule is C1CCC1.PCOCP. The molecule has 0 spiro atoms. The Labute approximate surface area is 62.3 Å². The maximum absolute atomic E-state index is 4.76. The average Bonchev–Trinajstić information content (AvgIpc) is 1.63. The fourth-order valence-electron chi connectivity index (χ4n) is 0.318. The normalized spacial score (nSPS) is 15.3. The molecule has 0 saturated heterocycles. The van der Waals surface area contributed by atoms with Crippen LogP contribution in [0.5, 0.6) is 0 Å². The van der Waals surface area contributed by atoms with Gasteiger partial charge in [-0.05, 0) is 0 Å². The van der Waals surface area contributed by atoms with Crippen LogP contribution in [0.2, 0.25) is 0 Å². The highest BCUT2D eigenvalue weighted by atomic mass is 31.0. The van der Waals surface area contributed by atoms with Gasteiger partial charge in [-0.15, -0.1) is 18.5 Å². The van der Waals surface area contributed by atoms with Gasteiger partial charge in [-0.25, -0.2) is 0 Å². The third-order valence-electron chi connectivity index (χ3n) is 1.24. The maximum Gasteiger partial charge on any atom is 0.0606 e. The highest BCUT2D eigenvalue weighted by Gasteiger charge is 1.95. The molecule has 2 unspecified atom stereocenters. The predicted molar refractivity (Wildman–Crippen MR) is 48.7 cm³/mol. The summed E-state index contributed by atoms with van der Waals surface area (Å²) in [5.74, 6) is 0. The lowest BCUT2D eigenvalue weighted by molar-refractivity contribution is 0.239. The summed E-state index contributed by atoms with van der Waals surface area (Å²) in [4.78, 5) is 0. The predicted octanol–water partition coefficient (Wildman–Crippen LogP) is 2.23. The fourth-order valence-corrected chi connectivity index (χ4v) is 0.862. The van der Waals surface area contributed by atoms with Gasteiger partial charge in [-0.2, -0.15) is 0 Å². The first-order chi connectivity index (χ1) is 4.41. The van der Waals surface area contributed by atoms with Crippen LogP contribution in [0.3, 0.4) is 0 Å². The second-order valence-electron chi connectivity index (χ2n) is 1.95. The largest absolute Gasteiger partial charge is 0.374 e. The van der Waals surface area contributed by atoms with Crippen LogP contribution in [-0.2, 0) is 4.74 Å². The van der Waals surface area contributed by atoms with Crippen molar-refractivity contribution in [3.8, 4) is 0 Å². The number of ether oxygens (including phenoxy) is 1. The molecule has 0 radical (unpaired) electrons. The van der Waals surface area contributed by atoms with E-state index in [4.69, 9.17) is 4.74 Å². The summed E-state index contributed by atoms with van der Waals surface area (Å²) in [5.41, 5.74) is 0. The summed E-state index contributed by atoms with van der Waals surface area (Å²) >= 11 is 0. The molecule has 0 aromatic heterocycles. The van der Waals surface area contributed by atoms with Gasteiger partial charge in [0.15, 0.2) is 0 Å². The van der Waals surface area contributed by atoms with Crippen molar-refractivity contribution in [2.75, 3.05) is 12.7 Å². The smallest absolute Gasteiger partial charge is 0.0606 e. The Hall–Kier alpha value is 0.820. The van der Waals surface area contributed by atoms with Crippen LogP contribution >= 0.6 is 18.5 Å². The molecule has 1 nitrogen and oxygen atoms in total. The molecule has 9 heavy (non-hydrogen) atoms. The average molecular weight is 166 g/mol. The summed E-state index contributed by atoms with van der Waals surface area (Å²) in [6.45, 7) is 0. The Morgan fingerprint density at radius 2 is 1.22 bits per heavy atom. The molecule has 0 heterocycles. The molecule has 0 amide bonds. The fraction of sp³-hybridized carbons (Fsp3) is 1.00. The topological polar surface area (TPSA) is 9.23 Å². The van der Waals surface area contributed by atoms with Gasteiger partial charge in [0.25, 0.3) is 0 Å². The van der Waals surface area contributed by atoms with E-state index in [-0.39, 0.29) is 0 Å². The highest BCUT2D eigenvalue weighted by Crippen LogP contribution is 2.15. The molecule has 0 N–H and O–H groups in total. The quantitative estimate of drug-likeness (QED) is 0.571. The molecule has 56 valence electrons. The van der Waals surface area contributed by atoms with E-state index in [0.717, 1.165) is 12.7 Å². The number of hydrogen-bond donors (Lipinski definition) is 0. The van der Waals surface area contributed by atoms with Crippen LogP contribution in [-0.4, -0.2) is 12.7 Å². The molecular weight excluding hydrogens is 150 g/mol. The van der Waals surface area contributed by atoms with E-state index in [1.165, 1.54) is 25.7 Å². The highest BCUT2D eigenvalue weighted by molar-refractivity contribution is 7.17. The summed E-state index contributed by atoms with van der Waals surface area (Å²) in [5, 5.41) is 0. The van der Waals surface area contributed by atoms with Crippen LogP contribution in [0.25, 0.3) is 0 Å². The van der Waals surface area contributed by atoms with Crippen LogP contribution in [0.1, 0.15) is 25.7 Å². The summed E-state index contributed by atoms with van der Waals surface area (Å²) in [7, 11) is 4.93. The maximum atomic E-state index is 4.76. The van der Waals surface area contributed by atoms with Crippen molar-refractivity contribution in [1.29, 1.82) is 0 Å². The zero-order chi connectivity index (χ0) is 6.95. The van der Waals surface area contributed by atoms with Gasteiger partial charge in [0.2, 0.25) is 0 Å². The van der Waals surface area contributed by atoms with Crippen molar-refractivity contribution in [3.05, 3.63) is 0 Å². The minimum Gasteiger partial charge on any atom is -0.374 e. The van der Waals surface area contributed by atoms with E-state index in [2.05, 4.69) is 18.5 Å². The van der Waals surface area contributed by atoms with E-state index in [1.54, 1.807) is 0 Å². The van der Waals surface area contributed by atoms with Gasteiger partial charge >= 0.3 is 0 Å². The molecule has 1 saturated carbocycles. The third kappa shape index (κ3) is 8.82. The van der Waals surface area contributed by atoms with Crippen LogP contribution in [0.4, 0.5) is 0 Å². The standard InChI is InChI=1S/C4H8.C2H8OP2/c1-2-4-3-1;4-1-3-2-5/h1-4H2;1-2,4-5H2. The molecule has 1 aliphatic rings. The van der Waals surface area contributed by atoms with Gasteiger partial charge in [0, 0.05) is 0 Å². The minimum atomic E-state index is 0.740. The molecule has 0 aliphatic heterocycles. The summed E-state index contributed by atoms with van der Waals surface area (Å²) in [6.07, 6.45) is 7.48. The van der Waals surface area contributed by atoms with Crippen molar-refractivity contribution in [1.82, 2.24) is 0 Å². The second kappa shape index (κ2) is 8.82. The Bertz CT molecular complexity index is 40.3. The number of hydrogen-bond acceptors (Lipinski definition) is 1. The van der Waals surface area contributed by atoms with Crippen molar-refractivity contribution in [2.24, 2.45) is 0 Å². The van der Waals surface area contributed by atoms with Crippen molar-refractivity contribution >= 4 is 18.5 Å². The van der Waals surface area contributed by atoms with E-state index in [0.29, 0.717) is 0 Å². The third-order valence-corrected chi connectivity index (χ3v) is 1.71. The Morgan fingerprint density at radius 3 is 1.22 bits per heavy atom. The van der Waals surface area contributed by atoms with Gasteiger partial charge < -0.3 is 4.74 Å². The lowest BCUT2D eigenvalue weighted by atomic mass is 10.0. The monoisotopic (exact) mass is 166 g/mol. The minimum absolute atomic E-state index is 0.740. The van der Waals surface area contributed by atoms with E-state index >= 15 is 0 Å². The molecule has 3 heteroatoms. The van der Waals surface area contributed by atoms with E-state index in [1.807, 2.05) is 0 Å². The lowest BCUT2D eigenvalue weighted by Crippen LogP contribution is -1.85. The van der Waals surface area contributed by atoms with Gasteiger partial charge in [0.05, 0.1) is 12.7 Å². The van der Waals surface area contributed by atoms with Gasteiger partial charge in [0.1, 0.15) is 0 Å². The van der Waals surface area contributed by atoms with Crippen molar-refractivity contribution < 1.29 is 4.74 Å². The van der Waals surface area contributed by atoms with Gasteiger partial charge in [-0.1, -0.05) is 25.7 Å². The molecule has 1 fully saturated rings. The van der Waals surface area contributed by atoms with Crippen molar-refractivity contribution in [2.45, 2.75) is 25.7 Å². The Kier molecular flexibility index (Phi) is 9.62. The second-order valence-corrected chi connectivity index (χ2v) is 2.62. The zero-order valence-corrected chi connectivity index (χ0v) is 8.11. The first-order valence-corrected chi connectivity index (χ1v) is 5.03. The molecule has 0 bridgehead atoms.